The highest BCUT2D eigenvalue weighted by Crippen LogP contribution is 2.34. The van der Waals surface area contributed by atoms with Crippen LogP contribution < -0.4 is 10.6 Å². The van der Waals surface area contributed by atoms with Crippen molar-refractivity contribution in [3.63, 3.8) is 0 Å². The molecule has 0 saturated carbocycles. The molecule has 3 heterocycles. The maximum Gasteiger partial charge on any atom is 0.322 e. The highest BCUT2D eigenvalue weighted by Gasteiger charge is 2.48. The molecule has 1 spiro atoms. The number of imide groups is 1. The molecule has 6 nitrogen and oxygen atoms in total. The topological polar surface area (TPSA) is 78.5 Å². The molecule has 2 N–H and O–H groups in total. The minimum atomic E-state index is -0.908. The predicted octanol–water partition coefficient (Wildman–Crippen LogP) is 2.16. The Labute approximate surface area is 147 Å². The standard InChI is InChI=1S/C17H16FN3O3S/c1-9-12-10(18)3-2-4-11(12)25-13(9)14(22)21-7-5-17(6-8-21)15(23)19-16(24)20-17/h2-4H,5-8H2,1H3,(H2,19,20,23,24). The summed E-state index contributed by atoms with van der Waals surface area (Å²) in [6, 6.07) is 4.34. The van der Waals surface area contributed by atoms with Crippen molar-refractivity contribution >= 4 is 39.3 Å². The van der Waals surface area contributed by atoms with Crippen molar-refractivity contribution in [3.8, 4) is 0 Å². The number of hydrogen-bond acceptors (Lipinski definition) is 4. The third-order valence-corrected chi connectivity index (χ3v) is 6.26. The normalized spacial score (nSPS) is 19.4. The monoisotopic (exact) mass is 361 g/mol. The Morgan fingerprint density at radius 1 is 1.28 bits per heavy atom. The van der Waals surface area contributed by atoms with Crippen molar-refractivity contribution in [2.24, 2.45) is 0 Å². The average Bonchev–Trinajstić information content (AvgIpc) is 3.05. The van der Waals surface area contributed by atoms with E-state index in [1.807, 2.05) is 0 Å². The average molecular weight is 361 g/mol. The summed E-state index contributed by atoms with van der Waals surface area (Å²) in [5.74, 6) is -0.810. The number of nitrogens with zero attached hydrogens (tertiary/aromatic N) is 1. The smallest absolute Gasteiger partial charge is 0.322 e. The Bertz CT molecular complexity index is 915. The van der Waals surface area contributed by atoms with Gasteiger partial charge < -0.3 is 10.2 Å². The second-order valence-corrected chi connectivity index (χ2v) is 7.50. The van der Waals surface area contributed by atoms with Crippen LogP contribution in [0.4, 0.5) is 9.18 Å². The molecule has 0 radical (unpaired) electrons. The molecule has 2 saturated heterocycles. The molecule has 0 bridgehead atoms. The van der Waals surface area contributed by atoms with Gasteiger partial charge in [0.05, 0.1) is 4.88 Å². The van der Waals surface area contributed by atoms with Crippen LogP contribution in [-0.2, 0) is 4.79 Å². The van der Waals surface area contributed by atoms with Crippen LogP contribution in [0.25, 0.3) is 10.1 Å². The Balaban J connectivity index is 1.57. The van der Waals surface area contributed by atoms with Gasteiger partial charge in [0, 0.05) is 23.2 Å². The quantitative estimate of drug-likeness (QED) is 0.764. The number of benzene rings is 1. The van der Waals surface area contributed by atoms with Gasteiger partial charge in [-0.25, -0.2) is 9.18 Å². The van der Waals surface area contributed by atoms with Crippen LogP contribution in [0, 0.1) is 12.7 Å². The van der Waals surface area contributed by atoms with Gasteiger partial charge in [0.1, 0.15) is 11.4 Å². The third-order valence-electron chi connectivity index (χ3n) is 5.02. The summed E-state index contributed by atoms with van der Waals surface area (Å²) in [4.78, 5) is 38.4. The molecule has 8 heteroatoms. The molecule has 1 aromatic carbocycles. The number of halogens is 1. The minimum absolute atomic E-state index is 0.155. The van der Waals surface area contributed by atoms with E-state index in [1.165, 1.54) is 17.4 Å². The number of piperidine rings is 1. The van der Waals surface area contributed by atoms with Crippen molar-refractivity contribution in [3.05, 3.63) is 34.5 Å². The number of aryl methyl sites for hydroxylation is 1. The van der Waals surface area contributed by atoms with Crippen LogP contribution >= 0.6 is 11.3 Å². The van der Waals surface area contributed by atoms with Crippen molar-refractivity contribution in [2.75, 3.05) is 13.1 Å². The summed E-state index contributed by atoms with van der Waals surface area (Å²) in [6.45, 7) is 2.48. The number of thiophene rings is 1. The number of hydrogen-bond donors (Lipinski definition) is 2. The zero-order valence-electron chi connectivity index (χ0n) is 13.5. The predicted molar refractivity (Wildman–Crippen MR) is 91.1 cm³/mol. The van der Waals surface area contributed by atoms with Crippen LogP contribution in [0.15, 0.2) is 18.2 Å². The van der Waals surface area contributed by atoms with Gasteiger partial charge in [-0.2, -0.15) is 0 Å². The SMILES string of the molecule is Cc1c(C(=O)N2CCC3(CC2)NC(=O)NC3=O)sc2cccc(F)c12. The zero-order valence-corrected chi connectivity index (χ0v) is 14.3. The summed E-state index contributed by atoms with van der Waals surface area (Å²) in [6.07, 6.45) is 0.739. The van der Waals surface area contributed by atoms with Crippen LogP contribution in [-0.4, -0.2) is 41.4 Å². The second-order valence-electron chi connectivity index (χ2n) is 6.45. The number of likely N-dealkylation sites (tertiary alicyclic amines) is 1. The molecule has 2 aliphatic rings. The first-order chi connectivity index (χ1) is 11.9. The summed E-state index contributed by atoms with van der Waals surface area (Å²) >= 11 is 1.28. The van der Waals surface area contributed by atoms with E-state index in [9.17, 15) is 18.8 Å². The van der Waals surface area contributed by atoms with Gasteiger partial charge in [-0.05, 0) is 37.5 Å². The van der Waals surface area contributed by atoms with Crippen LogP contribution in [0.2, 0.25) is 0 Å². The van der Waals surface area contributed by atoms with Gasteiger partial charge in [0.15, 0.2) is 0 Å². The first-order valence-corrected chi connectivity index (χ1v) is 8.83. The molecule has 2 aliphatic heterocycles. The van der Waals surface area contributed by atoms with E-state index in [4.69, 9.17) is 0 Å². The second kappa shape index (κ2) is 5.52. The van der Waals surface area contributed by atoms with E-state index in [1.54, 1.807) is 24.0 Å². The molecule has 2 fully saturated rings. The van der Waals surface area contributed by atoms with Gasteiger partial charge in [0.25, 0.3) is 11.8 Å². The van der Waals surface area contributed by atoms with Crippen molar-refractivity contribution < 1.29 is 18.8 Å². The van der Waals surface area contributed by atoms with Crippen LogP contribution in [0.5, 0.6) is 0 Å². The molecule has 0 aliphatic carbocycles. The van der Waals surface area contributed by atoms with E-state index in [0.29, 0.717) is 41.8 Å². The number of fused-ring (bicyclic) bond motifs is 1. The lowest BCUT2D eigenvalue weighted by Crippen LogP contribution is -2.55. The molecular weight excluding hydrogens is 345 g/mol. The number of carbonyl (C=O) groups excluding carboxylic acids is 3. The maximum atomic E-state index is 14.0. The molecule has 4 rings (SSSR count). The number of carbonyl (C=O) groups is 3. The summed E-state index contributed by atoms with van der Waals surface area (Å²) in [5.41, 5.74) is -0.259. The van der Waals surface area contributed by atoms with Crippen LogP contribution in [0.3, 0.4) is 0 Å². The van der Waals surface area contributed by atoms with Crippen molar-refractivity contribution in [1.29, 1.82) is 0 Å². The molecule has 4 amide bonds. The molecule has 25 heavy (non-hydrogen) atoms. The Kier molecular flexibility index (Phi) is 3.54. The fraction of sp³-hybridized carbons (Fsp3) is 0.353. The zero-order chi connectivity index (χ0) is 17.8. The number of nitrogens with one attached hydrogen (secondary N) is 2. The lowest BCUT2D eigenvalue weighted by molar-refractivity contribution is -0.125. The minimum Gasteiger partial charge on any atom is -0.338 e. The van der Waals surface area contributed by atoms with E-state index >= 15 is 0 Å². The number of urea groups is 1. The van der Waals surface area contributed by atoms with E-state index in [0.717, 1.165) is 4.70 Å². The van der Waals surface area contributed by atoms with Gasteiger partial charge >= 0.3 is 6.03 Å². The number of amides is 4. The molecule has 0 unspecified atom stereocenters. The van der Waals surface area contributed by atoms with Crippen LogP contribution in [0.1, 0.15) is 28.1 Å². The van der Waals surface area contributed by atoms with Gasteiger partial charge in [-0.15, -0.1) is 11.3 Å². The molecule has 130 valence electrons. The van der Waals surface area contributed by atoms with Gasteiger partial charge in [-0.3, -0.25) is 14.9 Å². The molecule has 1 aromatic heterocycles. The number of rotatable bonds is 1. The summed E-state index contributed by atoms with van der Waals surface area (Å²) < 4.78 is 14.8. The first-order valence-electron chi connectivity index (χ1n) is 8.02. The van der Waals surface area contributed by atoms with E-state index in [-0.39, 0.29) is 17.6 Å². The Morgan fingerprint density at radius 2 is 2.00 bits per heavy atom. The largest absolute Gasteiger partial charge is 0.338 e. The summed E-state index contributed by atoms with van der Waals surface area (Å²) in [7, 11) is 0. The molecular formula is C17H16FN3O3S. The Hall–Kier alpha value is -2.48. The fourth-order valence-electron chi connectivity index (χ4n) is 3.57. The third kappa shape index (κ3) is 2.39. The van der Waals surface area contributed by atoms with Gasteiger partial charge in [-0.1, -0.05) is 6.07 Å². The first kappa shape index (κ1) is 16.0. The highest BCUT2D eigenvalue weighted by atomic mass is 32.1. The summed E-state index contributed by atoms with van der Waals surface area (Å²) in [5, 5.41) is 5.42. The lowest BCUT2D eigenvalue weighted by atomic mass is 9.87. The van der Waals surface area contributed by atoms with Crippen molar-refractivity contribution in [1.82, 2.24) is 15.5 Å². The maximum absolute atomic E-state index is 14.0. The Morgan fingerprint density at radius 3 is 2.60 bits per heavy atom. The van der Waals surface area contributed by atoms with E-state index < -0.39 is 11.6 Å². The lowest BCUT2D eigenvalue weighted by Gasteiger charge is -2.36. The highest BCUT2D eigenvalue weighted by molar-refractivity contribution is 7.21. The fourth-order valence-corrected chi connectivity index (χ4v) is 4.76. The van der Waals surface area contributed by atoms with Crippen molar-refractivity contribution in [2.45, 2.75) is 25.3 Å². The van der Waals surface area contributed by atoms with E-state index in [2.05, 4.69) is 10.6 Å². The van der Waals surface area contributed by atoms with Gasteiger partial charge in [0.2, 0.25) is 0 Å². The molecule has 0 atom stereocenters. The molecule has 2 aromatic rings.